The highest BCUT2D eigenvalue weighted by Crippen LogP contribution is 2.28. The van der Waals surface area contributed by atoms with Gasteiger partial charge in [0.25, 0.3) is 0 Å². The van der Waals surface area contributed by atoms with Crippen molar-refractivity contribution in [2.45, 2.75) is 13.0 Å². The molecule has 0 saturated carbocycles. The molecule has 1 heterocycles. The van der Waals surface area contributed by atoms with Gasteiger partial charge in [0, 0.05) is 18.0 Å². The maximum Gasteiger partial charge on any atom is 0.123 e. The Bertz CT molecular complexity index is 497. The monoisotopic (exact) mass is 228 g/mol. The predicted molar refractivity (Wildman–Crippen MR) is 68.0 cm³/mol. The van der Waals surface area contributed by atoms with Gasteiger partial charge in [-0.15, -0.1) is 0 Å². The molecule has 0 bridgehead atoms. The second-order valence-electron chi connectivity index (χ2n) is 4.01. The number of pyridine rings is 1. The molecule has 3 heteroatoms. The molecule has 3 nitrogen and oxygen atoms in total. The minimum absolute atomic E-state index is 0.210. The van der Waals surface area contributed by atoms with Crippen LogP contribution in [0.5, 0.6) is 5.75 Å². The first kappa shape index (κ1) is 11.6. The number of nitrogens with zero attached hydrogens (tertiary/aromatic N) is 1. The van der Waals surface area contributed by atoms with Gasteiger partial charge in [-0.25, -0.2) is 0 Å². The summed E-state index contributed by atoms with van der Waals surface area (Å²) in [4.78, 5) is 4.09. The largest absolute Gasteiger partial charge is 0.496 e. The van der Waals surface area contributed by atoms with Crippen LogP contribution in [0.1, 0.15) is 22.7 Å². The molecule has 1 aromatic heterocycles. The van der Waals surface area contributed by atoms with E-state index in [2.05, 4.69) is 11.1 Å². The topological polar surface area (TPSA) is 48.1 Å². The van der Waals surface area contributed by atoms with E-state index < -0.39 is 0 Å². The van der Waals surface area contributed by atoms with Crippen LogP contribution in [0.15, 0.2) is 42.7 Å². The summed E-state index contributed by atoms with van der Waals surface area (Å²) in [6.45, 7) is 2.04. The molecule has 2 aromatic rings. The lowest BCUT2D eigenvalue weighted by Crippen LogP contribution is -2.13. The number of hydrogen-bond donors (Lipinski definition) is 1. The summed E-state index contributed by atoms with van der Waals surface area (Å²) in [5, 5.41) is 0. The van der Waals surface area contributed by atoms with Crippen LogP contribution >= 0.6 is 0 Å². The maximum absolute atomic E-state index is 6.24. The van der Waals surface area contributed by atoms with Crippen molar-refractivity contribution < 1.29 is 4.74 Å². The van der Waals surface area contributed by atoms with Crippen molar-refractivity contribution in [3.63, 3.8) is 0 Å². The SMILES string of the molecule is COc1ccc(C)cc1C(N)c1cccnc1. The van der Waals surface area contributed by atoms with E-state index in [0.29, 0.717) is 0 Å². The van der Waals surface area contributed by atoms with Crippen LogP contribution < -0.4 is 10.5 Å². The van der Waals surface area contributed by atoms with Crippen LogP contribution in [0.25, 0.3) is 0 Å². The summed E-state index contributed by atoms with van der Waals surface area (Å²) < 4.78 is 5.34. The molecule has 0 spiro atoms. The number of hydrogen-bond acceptors (Lipinski definition) is 3. The first-order chi connectivity index (χ1) is 8.22. The first-order valence-electron chi connectivity index (χ1n) is 5.52. The molecule has 0 aliphatic rings. The molecule has 0 radical (unpaired) electrons. The van der Waals surface area contributed by atoms with E-state index in [1.807, 2.05) is 31.2 Å². The molecule has 2 N–H and O–H groups in total. The Balaban J connectivity index is 2.43. The van der Waals surface area contributed by atoms with Crippen LogP contribution in [-0.4, -0.2) is 12.1 Å². The molecule has 0 saturated heterocycles. The molecular weight excluding hydrogens is 212 g/mol. The van der Waals surface area contributed by atoms with Crippen molar-refractivity contribution >= 4 is 0 Å². The number of nitrogens with two attached hydrogens (primary N) is 1. The average Bonchev–Trinajstić information content (AvgIpc) is 2.39. The van der Waals surface area contributed by atoms with Crippen molar-refractivity contribution in [3.8, 4) is 5.75 Å². The van der Waals surface area contributed by atoms with Gasteiger partial charge < -0.3 is 10.5 Å². The number of ether oxygens (including phenoxy) is 1. The fourth-order valence-corrected chi connectivity index (χ4v) is 1.84. The highest BCUT2D eigenvalue weighted by Gasteiger charge is 2.14. The van der Waals surface area contributed by atoms with Gasteiger partial charge in [-0.1, -0.05) is 23.8 Å². The zero-order chi connectivity index (χ0) is 12.3. The number of methoxy groups -OCH3 is 1. The van der Waals surface area contributed by atoms with E-state index in [9.17, 15) is 0 Å². The number of aromatic nitrogens is 1. The molecule has 1 atom stereocenters. The third-order valence-corrected chi connectivity index (χ3v) is 2.76. The normalized spacial score (nSPS) is 12.2. The summed E-state index contributed by atoms with van der Waals surface area (Å²) in [5.74, 6) is 0.812. The van der Waals surface area contributed by atoms with Crippen LogP contribution in [0, 0.1) is 6.92 Å². The Morgan fingerprint density at radius 2 is 2.12 bits per heavy atom. The lowest BCUT2D eigenvalue weighted by atomic mass is 9.98. The molecule has 0 aliphatic carbocycles. The number of aryl methyl sites for hydroxylation is 1. The third kappa shape index (κ3) is 2.45. The summed E-state index contributed by atoms with van der Waals surface area (Å²) in [6, 6.07) is 9.66. The van der Waals surface area contributed by atoms with Gasteiger partial charge in [-0.2, -0.15) is 0 Å². The Morgan fingerprint density at radius 1 is 1.29 bits per heavy atom. The van der Waals surface area contributed by atoms with Crippen molar-refractivity contribution in [1.82, 2.24) is 4.98 Å². The first-order valence-corrected chi connectivity index (χ1v) is 5.52. The van der Waals surface area contributed by atoms with E-state index in [1.54, 1.807) is 19.5 Å². The van der Waals surface area contributed by atoms with Gasteiger partial charge in [0.15, 0.2) is 0 Å². The van der Waals surface area contributed by atoms with Gasteiger partial charge in [0.05, 0.1) is 13.2 Å². The Labute approximate surface area is 101 Å². The van der Waals surface area contributed by atoms with E-state index in [-0.39, 0.29) is 6.04 Å². The Kier molecular flexibility index (Phi) is 3.40. The number of rotatable bonds is 3. The van der Waals surface area contributed by atoms with Gasteiger partial charge in [0.2, 0.25) is 0 Å². The maximum atomic E-state index is 6.24. The minimum atomic E-state index is -0.210. The van der Waals surface area contributed by atoms with E-state index in [4.69, 9.17) is 10.5 Å². The van der Waals surface area contributed by atoms with E-state index in [1.165, 1.54) is 5.56 Å². The lowest BCUT2D eigenvalue weighted by molar-refractivity contribution is 0.407. The van der Waals surface area contributed by atoms with Gasteiger partial charge in [0.1, 0.15) is 5.75 Å². The molecule has 1 unspecified atom stereocenters. The fourth-order valence-electron chi connectivity index (χ4n) is 1.84. The van der Waals surface area contributed by atoms with Crippen molar-refractivity contribution in [3.05, 3.63) is 59.4 Å². The Hall–Kier alpha value is -1.87. The van der Waals surface area contributed by atoms with E-state index >= 15 is 0 Å². The van der Waals surface area contributed by atoms with Crippen LogP contribution in [0.3, 0.4) is 0 Å². The lowest BCUT2D eigenvalue weighted by Gasteiger charge is -2.16. The number of benzene rings is 1. The predicted octanol–water partition coefficient (Wildman–Crippen LogP) is 2.45. The van der Waals surface area contributed by atoms with Crippen molar-refractivity contribution in [1.29, 1.82) is 0 Å². The molecule has 0 fully saturated rings. The smallest absolute Gasteiger partial charge is 0.123 e. The zero-order valence-electron chi connectivity index (χ0n) is 10.1. The van der Waals surface area contributed by atoms with E-state index in [0.717, 1.165) is 16.9 Å². The van der Waals surface area contributed by atoms with Crippen LogP contribution in [0.2, 0.25) is 0 Å². The van der Waals surface area contributed by atoms with Crippen LogP contribution in [0.4, 0.5) is 0 Å². The molecule has 0 amide bonds. The summed E-state index contributed by atoms with van der Waals surface area (Å²) in [6.07, 6.45) is 3.52. The van der Waals surface area contributed by atoms with Crippen molar-refractivity contribution in [2.75, 3.05) is 7.11 Å². The third-order valence-electron chi connectivity index (χ3n) is 2.76. The molecule has 0 aliphatic heterocycles. The zero-order valence-corrected chi connectivity index (χ0v) is 10.1. The molecule has 88 valence electrons. The molecular formula is C14H16N2O. The van der Waals surface area contributed by atoms with Crippen molar-refractivity contribution in [2.24, 2.45) is 5.73 Å². The average molecular weight is 228 g/mol. The van der Waals surface area contributed by atoms with Crippen LogP contribution in [-0.2, 0) is 0 Å². The van der Waals surface area contributed by atoms with Gasteiger partial charge in [-0.05, 0) is 24.6 Å². The fraction of sp³-hybridized carbons (Fsp3) is 0.214. The Morgan fingerprint density at radius 3 is 2.76 bits per heavy atom. The molecule has 2 rings (SSSR count). The van der Waals surface area contributed by atoms with Gasteiger partial charge in [-0.3, -0.25) is 4.98 Å². The van der Waals surface area contributed by atoms with Gasteiger partial charge >= 0.3 is 0 Å². The summed E-state index contributed by atoms with van der Waals surface area (Å²) >= 11 is 0. The highest BCUT2D eigenvalue weighted by atomic mass is 16.5. The minimum Gasteiger partial charge on any atom is -0.496 e. The standard InChI is InChI=1S/C14H16N2O/c1-10-5-6-13(17-2)12(8-10)14(15)11-4-3-7-16-9-11/h3-9,14H,15H2,1-2H3. The summed E-state index contributed by atoms with van der Waals surface area (Å²) in [7, 11) is 1.66. The second-order valence-corrected chi connectivity index (χ2v) is 4.01. The summed E-state index contributed by atoms with van der Waals surface area (Å²) in [5.41, 5.74) is 9.38. The highest BCUT2D eigenvalue weighted by molar-refractivity contribution is 5.42. The molecule has 1 aromatic carbocycles. The molecule has 17 heavy (non-hydrogen) atoms. The quantitative estimate of drug-likeness (QED) is 0.877. The second kappa shape index (κ2) is 4.97.